The summed E-state index contributed by atoms with van der Waals surface area (Å²) in [5, 5.41) is 15.1. The predicted octanol–water partition coefficient (Wildman–Crippen LogP) is 7.47. The molecule has 1 N–H and O–H groups in total. The number of halogens is 5. The molecule has 3 aromatic carbocycles. The standard InChI is InChI=1S/C22H16Br2F3N3O3/c1-13-2-4-14(5-3-13)12-33-21-17(23)8-15(9-18(21)24)11-28-29-19-7-6-16(22(25,26)27)10-20(19)30(31)32/h2-11,29H,12H2,1H3/b28-11-. The van der Waals surface area contributed by atoms with Gasteiger partial charge in [-0.2, -0.15) is 18.3 Å². The van der Waals surface area contributed by atoms with Crippen molar-refractivity contribution >= 4 is 49.4 Å². The molecule has 172 valence electrons. The van der Waals surface area contributed by atoms with E-state index in [0.29, 0.717) is 32.9 Å². The smallest absolute Gasteiger partial charge is 0.416 e. The van der Waals surface area contributed by atoms with E-state index >= 15 is 0 Å². The largest absolute Gasteiger partial charge is 0.487 e. The van der Waals surface area contributed by atoms with Crippen LogP contribution in [0.2, 0.25) is 0 Å². The van der Waals surface area contributed by atoms with Crippen LogP contribution in [0, 0.1) is 17.0 Å². The monoisotopic (exact) mass is 585 g/mol. The molecule has 6 nitrogen and oxygen atoms in total. The first-order valence-corrected chi connectivity index (χ1v) is 11.0. The van der Waals surface area contributed by atoms with E-state index in [0.717, 1.165) is 23.3 Å². The van der Waals surface area contributed by atoms with Gasteiger partial charge in [-0.3, -0.25) is 15.5 Å². The highest BCUT2D eigenvalue weighted by Gasteiger charge is 2.33. The number of hydrogen-bond donors (Lipinski definition) is 1. The number of ether oxygens (including phenoxy) is 1. The van der Waals surface area contributed by atoms with Crippen LogP contribution in [0.25, 0.3) is 0 Å². The van der Waals surface area contributed by atoms with Crippen LogP contribution in [0.15, 0.2) is 68.6 Å². The molecule has 0 bridgehead atoms. The zero-order valence-electron chi connectivity index (χ0n) is 17.0. The number of nitrogens with one attached hydrogen (secondary N) is 1. The van der Waals surface area contributed by atoms with Gasteiger partial charge in [0.25, 0.3) is 5.69 Å². The first-order valence-electron chi connectivity index (χ1n) is 9.36. The second-order valence-electron chi connectivity index (χ2n) is 6.94. The summed E-state index contributed by atoms with van der Waals surface area (Å²) < 4.78 is 45.6. The van der Waals surface area contributed by atoms with Crippen LogP contribution in [-0.4, -0.2) is 11.1 Å². The maximum absolute atomic E-state index is 12.8. The number of hydrazone groups is 1. The number of rotatable bonds is 7. The molecular weight excluding hydrogens is 571 g/mol. The topological polar surface area (TPSA) is 76.8 Å². The second-order valence-corrected chi connectivity index (χ2v) is 8.65. The lowest BCUT2D eigenvalue weighted by Crippen LogP contribution is -2.06. The molecule has 11 heteroatoms. The van der Waals surface area contributed by atoms with Crippen molar-refractivity contribution in [2.75, 3.05) is 5.43 Å². The zero-order chi connectivity index (χ0) is 24.2. The molecule has 0 saturated heterocycles. The molecule has 0 spiro atoms. The maximum Gasteiger partial charge on any atom is 0.416 e. The minimum atomic E-state index is -4.69. The van der Waals surface area contributed by atoms with Crippen molar-refractivity contribution in [2.24, 2.45) is 5.10 Å². The molecule has 0 amide bonds. The molecule has 0 aromatic heterocycles. The average molecular weight is 587 g/mol. The third-order valence-corrected chi connectivity index (χ3v) is 5.62. The van der Waals surface area contributed by atoms with Crippen molar-refractivity contribution in [3.63, 3.8) is 0 Å². The van der Waals surface area contributed by atoms with Gasteiger partial charge in [-0.1, -0.05) is 29.8 Å². The highest BCUT2D eigenvalue weighted by atomic mass is 79.9. The van der Waals surface area contributed by atoms with E-state index < -0.39 is 22.4 Å². The molecule has 0 atom stereocenters. The minimum absolute atomic E-state index is 0.166. The first kappa shape index (κ1) is 24.7. The molecule has 33 heavy (non-hydrogen) atoms. The van der Waals surface area contributed by atoms with Gasteiger partial charge in [0.15, 0.2) is 0 Å². The number of nitro benzene ring substituents is 1. The SMILES string of the molecule is Cc1ccc(COc2c(Br)cc(/C=N\Nc3ccc(C(F)(F)F)cc3[N+](=O)[O-])cc2Br)cc1. The van der Waals surface area contributed by atoms with Crippen molar-refractivity contribution in [2.45, 2.75) is 19.7 Å². The fraction of sp³-hybridized carbons (Fsp3) is 0.136. The van der Waals surface area contributed by atoms with Gasteiger partial charge in [0.05, 0.1) is 25.6 Å². The summed E-state index contributed by atoms with van der Waals surface area (Å²) in [6.07, 6.45) is -3.31. The fourth-order valence-electron chi connectivity index (χ4n) is 2.76. The summed E-state index contributed by atoms with van der Waals surface area (Å²) in [5.74, 6) is 0.582. The van der Waals surface area contributed by atoms with E-state index in [1.165, 1.54) is 6.21 Å². The highest BCUT2D eigenvalue weighted by Crippen LogP contribution is 2.36. The van der Waals surface area contributed by atoms with E-state index in [2.05, 4.69) is 42.4 Å². The normalized spacial score (nSPS) is 11.6. The zero-order valence-corrected chi connectivity index (χ0v) is 20.2. The van der Waals surface area contributed by atoms with E-state index in [1.54, 1.807) is 12.1 Å². The van der Waals surface area contributed by atoms with Gasteiger partial charge in [-0.05, 0) is 74.2 Å². The van der Waals surface area contributed by atoms with Gasteiger partial charge < -0.3 is 4.74 Å². The molecule has 3 rings (SSSR count). The van der Waals surface area contributed by atoms with E-state index in [-0.39, 0.29) is 5.69 Å². The van der Waals surface area contributed by atoms with E-state index in [9.17, 15) is 23.3 Å². The summed E-state index contributed by atoms with van der Waals surface area (Å²) in [6, 6.07) is 13.6. The number of nitrogens with zero attached hydrogens (tertiary/aromatic N) is 2. The number of aryl methyl sites for hydroxylation is 1. The third-order valence-electron chi connectivity index (χ3n) is 4.44. The Hall–Kier alpha value is -2.92. The summed E-state index contributed by atoms with van der Waals surface area (Å²) in [5.41, 5.74) is 3.18. The summed E-state index contributed by atoms with van der Waals surface area (Å²) >= 11 is 6.89. The molecule has 0 aliphatic heterocycles. The van der Waals surface area contributed by atoms with Crippen LogP contribution in [0.1, 0.15) is 22.3 Å². The number of nitro groups is 1. The Kier molecular flexibility index (Phi) is 7.75. The van der Waals surface area contributed by atoms with E-state index in [1.807, 2.05) is 31.2 Å². The molecule has 0 aliphatic carbocycles. The molecule has 0 radical (unpaired) electrons. The molecule has 0 saturated carbocycles. The van der Waals surface area contributed by atoms with Crippen LogP contribution in [-0.2, 0) is 12.8 Å². The molecule has 0 heterocycles. The van der Waals surface area contributed by atoms with Crippen LogP contribution >= 0.6 is 31.9 Å². The Balaban J connectivity index is 1.73. The summed E-state index contributed by atoms with van der Waals surface area (Å²) in [4.78, 5) is 10.3. The highest BCUT2D eigenvalue weighted by molar-refractivity contribution is 9.11. The number of anilines is 1. The average Bonchev–Trinajstić information content (AvgIpc) is 2.73. The summed E-state index contributed by atoms with van der Waals surface area (Å²) in [6.45, 7) is 2.37. The molecule has 3 aromatic rings. The number of hydrogen-bond acceptors (Lipinski definition) is 5. The predicted molar refractivity (Wildman–Crippen MR) is 127 cm³/mol. The summed E-state index contributed by atoms with van der Waals surface area (Å²) in [7, 11) is 0. The van der Waals surface area contributed by atoms with E-state index in [4.69, 9.17) is 4.74 Å². The van der Waals surface area contributed by atoms with Crippen LogP contribution in [0.3, 0.4) is 0 Å². The third kappa shape index (κ3) is 6.55. The number of benzene rings is 3. The molecule has 0 unspecified atom stereocenters. The second kappa shape index (κ2) is 10.3. The Labute approximate surface area is 203 Å². The Morgan fingerprint density at radius 3 is 2.30 bits per heavy atom. The Morgan fingerprint density at radius 1 is 1.09 bits per heavy atom. The molecular formula is C22H16Br2F3N3O3. The maximum atomic E-state index is 12.8. The van der Waals surface area contributed by atoms with Gasteiger partial charge in [0.2, 0.25) is 0 Å². The van der Waals surface area contributed by atoms with Crippen molar-refractivity contribution < 1.29 is 22.8 Å². The van der Waals surface area contributed by atoms with Crippen molar-refractivity contribution in [3.8, 4) is 5.75 Å². The quantitative estimate of drug-likeness (QED) is 0.177. The molecule has 0 fully saturated rings. The Morgan fingerprint density at radius 2 is 1.73 bits per heavy atom. The van der Waals surface area contributed by atoms with Crippen LogP contribution < -0.4 is 10.2 Å². The lowest BCUT2D eigenvalue weighted by atomic mass is 10.1. The van der Waals surface area contributed by atoms with Gasteiger partial charge in [-0.15, -0.1) is 0 Å². The molecule has 0 aliphatic rings. The van der Waals surface area contributed by atoms with Crippen molar-refractivity contribution in [1.29, 1.82) is 0 Å². The van der Waals surface area contributed by atoms with Gasteiger partial charge in [-0.25, -0.2) is 0 Å². The number of alkyl halides is 3. The first-order chi connectivity index (χ1) is 15.5. The lowest BCUT2D eigenvalue weighted by molar-refractivity contribution is -0.384. The van der Waals surface area contributed by atoms with Gasteiger partial charge in [0.1, 0.15) is 18.0 Å². The van der Waals surface area contributed by atoms with Crippen molar-refractivity contribution in [3.05, 3.63) is 95.9 Å². The fourth-order valence-corrected chi connectivity index (χ4v) is 4.21. The van der Waals surface area contributed by atoms with Gasteiger partial charge >= 0.3 is 6.18 Å². The van der Waals surface area contributed by atoms with Crippen molar-refractivity contribution in [1.82, 2.24) is 0 Å². The van der Waals surface area contributed by atoms with Crippen LogP contribution in [0.5, 0.6) is 5.75 Å². The Bertz CT molecular complexity index is 1180. The van der Waals surface area contributed by atoms with Crippen LogP contribution in [0.4, 0.5) is 24.5 Å². The minimum Gasteiger partial charge on any atom is -0.487 e. The lowest BCUT2D eigenvalue weighted by Gasteiger charge is -2.11. The van der Waals surface area contributed by atoms with Gasteiger partial charge in [0, 0.05) is 6.07 Å².